The van der Waals surface area contributed by atoms with E-state index in [-0.39, 0.29) is 0 Å². The van der Waals surface area contributed by atoms with Crippen LogP contribution in [0.2, 0.25) is 0 Å². The zero-order valence-corrected chi connectivity index (χ0v) is 24.5. The van der Waals surface area contributed by atoms with E-state index in [4.69, 9.17) is 19.5 Å². The van der Waals surface area contributed by atoms with Crippen molar-refractivity contribution in [2.75, 3.05) is 0 Å². The minimum Gasteiger partial charge on any atom is -0.452 e. The number of para-hydroxylation sites is 2. The maximum atomic E-state index is 6.78. The van der Waals surface area contributed by atoms with Gasteiger partial charge in [-0.3, -0.25) is 0 Å². The largest absolute Gasteiger partial charge is 0.452 e. The van der Waals surface area contributed by atoms with Gasteiger partial charge in [-0.15, -0.1) is 0 Å². The van der Waals surface area contributed by atoms with Crippen LogP contribution in [0.5, 0.6) is 23.0 Å². The van der Waals surface area contributed by atoms with E-state index in [1.165, 1.54) is 11.0 Å². The molecule has 0 N–H and O–H groups in total. The Kier molecular flexibility index (Phi) is 5.11. The van der Waals surface area contributed by atoms with Gasteiger partial charge in [0.25, 0.3) is 0 Å². The van der Waals surface area contributed by atoms with Crippen LogP contribution in [0.15, 0.2) is 82.8 Å². The first kappa shape index (κ1) is 24.7. The summed E-state index contributed by atoms with van der Waals surface area (Å²) in [5.74, 6) is 3.06. The van der Waals surface area contributed by atoms with Crippen molar-refractivity contribution in [3.05, 3.63) is 94.6 Å². The molecule has 0 saturated heterocycles. The second-order valence-corrected chi connectivity index (χ2v) is 10.8. The molecule has 7 aromatic rings. The van der Waals surface area contributed by atoms with Gasteiger partial charge in [-0.25, -0.2) is 9.98 Å². The number of aryl methyl sites for hydroxylation is 2. The Morgan fingerprint density at radius 2 is 0.905 bits per heavy atom. The fraction of sp³-hybridized carbons (Fsp3) is 0.167. The predicted molar refractivity (Wildman–Crippen MR) is 170 cm³/mol. The van der Waals surface area contributed by atoms with Gasteiger partial charge in [0.15, 0.2) is 23.0 Å². The van der Waals surface area contributed by atoms with Crippen molar-refractivity contribution >= 4 is 55.0 Å². The lowest BCUT2D eigenvalue weighted by Crippen LogP contribution is -2.25. The van der Waals surface area contributed by atoms with Crippen LogP contribution in [0, 0.1) is 13.8 Å². The summed E-state index contributed by atoms with van der Waals surface area (Å²) in [6, 6.07) is 25.2. The van der Waals surface area contributed by atoms with E-state index in [1.807, 2.05) is 26.0 Å². The van der Waals surface area contributed by atoms with E-state index in [9.17, 15) is 0 Å². The Hall–Kier alpha value is -5.10. The second kappa shape index (κ2) is 8.70. The highest BCUT2D eigenvalue weighted by molar-refractivity contribution is 6.14. The summed E-state index contributed by atoms with van der Waals surface area (Å²) in [6.45, 7) is 8.10. The lowest BCUT2D eigenvalue weighted by Gasteiger charge is -2.23. The normalized spacial score (nSPS) is 12.8. The van der Waals surface area contributed by atoms with E-state index >= 15 is 0 Å². The molecule has 6 nitrogen and oxygen atoms in total. The van der Waals surface area contributed by atoms with E-state index < -0.39 is 0 Å². The molecule has 0 radical (unpaired) electrons. The number of ether oxygens (including phenoxy) is 2. The molecule has 6 heteroatoms. The van der Waals surface area contributed by atoms with Gasteiger partial charge < -0.3 is 18.6 Å². The quantitative estimate of drug-likeness (QED) is 0.190. The van der Waals surface area contributed by atoms with Gasteiger partial charge in [0.2, 0.25) is 0 Å². The average Bonchev–Trinajstić information content (AvgIpc) is 3.50. The van der Waals surface area contributed by atoms with Crippen LogP contribution in [0.4, 0.5) is 11.4 Å². The van der Waals surface area contributed by atoms with Crippen molar-refractivity contribution in [1.82, 2.24) is 9.13 Å². The summed E-state index contributed by atoms with van der Waals surface area (Å²) in [5.41, 5.74) is 8.05. The molecule has 5 aromatic carbocycles. The number of benzene rings is 5. The van der Waals surface area contributed by atoms with Crippen molar-refractivity contribution in [1.29, 1.82) is 0 Å². The summed E-state index contributed by atoms with van der Waals surface area (Å²) >= 11 is 0. The molecule has 206 valence electrons. The lowest BCUT2D eigenvalue weighted by molar-refractivity contribution is 0.448. The maximum Gasteiger partial charge on any atom is 0.163 e. The number of aromatic nitrogens is 2. The molecule has 2 aromatic heterocycles. The second-order valence-electron chi connectivity index (χ2n) is 10.8. The molecule has 9 rings (SSSR count). The summed E-state index contributed by atoms with van der Waals surface area (Å²) in [5, 5.41) is 6.07. The topological polar surface area (TPSA) is 53.0 Å². The SMILES string of the molecule is CC.Cc1c2c(c(C)c3c1=Nc1ccc4c(c1O3)c1ccccc1n4C)=Nc1ccc3c(c1O2)c1ccccc1n3C. The first-order valence-electron chi connectivity index (χ1n) is 14.5. The molecule has 42 heavy (non-hydrogen) atoms. The fourth-order valence-electron chi connectivity index (χ4n) is 6.67. The molecule has 0 atom stereocenters. The Bertz CT molecular complexity index is 2260. The zero-order chi connectivity index (χ0) is 28.9. The Morgan fingerprint density at radius 1 is 0.500 bits per heavy atom. The van der Waals surface area contributed by atoms with Gasteiger partial charge in [0, 0.05) is 47.0 Å². The van der Waals surface area contributed by atoms with E-state index in [1.54, 1.807) is 0 Å². The number of hydrogen-bond acceptors (Lipinski definition) is 4. The van der Waals surface area contributed by atoms with Crippen molar-refractivity contribution < 1.29 is 9.47 Å². The highest BCUT2D eigenvalue weighted by Crippen LogP contribution is 2.48. The minimum absolute atomic E-state index is 0.742. The van der Waals surface area contributed by atoms with Crippen LogP contribution >= 0.6 is 0 Å². The van der Waals surface area contributed by atoms with Crippen LogP contribution in [0.1, 0.15) is 25.0 Å². The number of nitrogens with zero attached hydrogens (tertiary/aromatic N) is 4. The number of fused-ring (bicyclic) bond motifs is 12. The van der Waals surface area contributed by atoms with E-state index in [0.717, 1.165) is 88.8 Å². The Labute approximate surface area is 242 Å². The van der Waals surface area contributed by atoms with Crippen LogP contribution in [-0.4, -0.2) is 9.13 Å². The molecule has 0 bridgehead atoms. The fourth-order valence-corrected chi connectivity index (χ4v) is 6.67. The lowest BCUT2D eigenvalue weighted by atomic mass is 10.0. The van der Waals surface area contributed by atoms with Crippen molar-refractivity contribution in [3.63, 3.8) is 0 Å². The third kappa shape index (κ3) is 3.04. The van der Waals surface area contributed by atoms with Crippen LogP contribution in [0.25, 0.3) is 43.6 Å². The zero-order valence-electron chi connectivity index (χ0n) is 24.5. The molecule has 0 spiro atoms. The molecular weight excluding hydrogens is 520 g/mol. The number of hydrogen-bond donors (Lipinski definition) is 0. The van der Waals surface area contributed by atoms with Gasteiger partial charge >= 0.3 is 0 Å². The smallest absolute Gasteiger partial charge is 0.163 e. The van der Waals surface area contributed by atoms with Crippen LogP contribution in [-0.2, 0) is 14.1 Å². The Morgan fingerprint density at radius 3 is 1.33 bits per heavy atom. The van der Waals surface area contributed by atoms with Gasteiger partial charge in [0.1, 0.15) is 22.1 Å². The van der Waals surface area contributed by atoms with Crippen molar-refractivity contribution in [2.24, 2.45) is 24.1 Å². The molecule has 2 aliphatic heterocycles. The first-order valence-corrected chi connectivity index (χ1v) is 14.5. The molecule has 0 saturated carbocycles. The Balaban J connectivity index is 0.00000131. The van der Waals surface area contributed by atoms with Crippen molar-refractivity contribution in [3.8, 4) is 23.0 Å². The molecule has 0 aliphatic carbocycles. The molecule has 0 fully saturated rings. The average molecular weight is 551 g/mol. The highest BCUT2D eigenvalue weighted by atomic mass is 16.5. The standard InChI is InChI=1S/C34H24N4O2.C2H6/c1-17-29-32(40-34-21(35-29)13-15-26-28(34)20-10-6-8-12-24(20)38(26)4)18(2)30-31(17)39-33-22(36-30)14-16-25-27(33)19-9-5-7-11-23(19)37(25)3;1-2/h5-16H,1-4H3;1-2H3. The third-order valence-corrected chi connectivity index (χ3v) is 8.72. The van der Waals surface area contributed by atoms with Gasteiger partial charge in [-0.2, -0.15) is 0 Å². The summed E-state index contributed by atoms with van der Waals surface area (Å²) < 4.78 is 18.0. The summed E-state index contributed by atoms with van der Waals surface area (Å²) in [4.78, 5) is 10.3. The molecule has 0 unspecified atom stereocenters. The predicted octanol–water partition coefficient (Wildman–Crippen LogP) is 8.73. The molecule has 4 heterocycles. The third-order valence-electron chi connectivity index (χ3n) is 8.72. The van der Waals surface area contributed by atoms with Crippen LogP contribution < -0.4 is 20.2 Å². The van der Waals surface area contributed by atoms with Gasteiger partial charge in [-0.05, 0) is 50.2 Å². The molecule has 2 aliphatic rings. The molecular formula is C36H30N4O2. The monoisotopic (exact) mass is 550 g/mol. The van der Waals surface area contributed by atoms with Crippen molar-refractivity contribution in [2.45, 2.75) is 27.7 Å². The minimum atomic E-state index is 0.742. The summed E-state index contributed by atoms with van der Waals surface area (Å²) in [7, 11) is 4.19. The first-order chi connectivity index (χ1) is 20.5. The highest BCUT2D eigenvalue weighted by Gasteiger charge is 2.28. The van der Waals surface area contributed by atoms with E-state index in [0.29, 0.717) is 0 Å². The van der Waals surface area contributed by atoms with Gasteiger partial charge in [0.05, 0.1) is 21.8 Å². The van der Waals surface area contributed by atoms with Crippen LogP contribution in [0.3, 0.4) is 0 Å². The van der Waals surface area contributed by atoms with Gasteiger partial charge in [-0.1, -0.05) is 50.2 Å². The maximum absolute atomic E-state index is 6.78. The van der Waals surface area contributed by atoms with E-state index in [2.05, 4.69) is 97.7 Å². The summed E-state index contributed by atoms with van der Waals surface area (Å²) in [6.07, 6.45) is 0. The molecule has 0 amide bonds. The number of rotatable bonds is 0.